The summed E-state index contributed by atoms with van der Waals surface area (Å²) >= 11 is 0. The van der Waals surface area contributed by atoms with E-state index in [1.54, 1.807) is 0 Å². The number of hydrogen-bond donors (Lipinski definition) is 0. The van der Waals surface area contributed by atoms with Gasteiger partial charge in [0.05, 0.1) is 16.6 Å². The summed E-state index contributed by atoms with van der Waals surface area (Å²) in [7, 11) is 0. The van der Waals surface area contributed by atoms with E-state index in [1.807, 2.05) is 36.4 Å². The van der Waals surface area contributed by atoms with E-state index in [4.69, 9.17) is 15.0 Å². The maximum absolute atomic E-state index is 5.23. The molecular weight excluding hydrogens is 779 g/mol. The Morgan fingerprint density at radius 3 is 1.66 bits per heavy atom. The van der Waals surface area contributed by atoms with Crippen LogP contribution in [0.1, 0.15) is 28.8 Å². The molecule has 0 fully saturated rings. The van der Waals surface area contributed by atoms with Gasteiger partial charge in [0, 0.05) is 55.5 Å². The second kappa shape index (κ2) is 14.7. The maximum Gasteiger partial charge on any atom is 0.164 e. The monoisotopic (exact) mass is 819 g/mol. The molecule has 0 unspecified atom stereocenters. The lowest BCUT2D eigenvalue weighted by atomic mass is 9.89. The Kier molecular flexibility index (Phi) is 8.41. The van der Waals surface area contributed by atoms with E-state index in [-0.39, 0.29) is 0 Å². The molecule has 5 nitrogen and oxygen atoms in total. The maximum atomic E-state index is 5.23. The van der Waals surface area contributed by atoms with Gasteiger partial charge < -0.3 is 9.13 Å². The van der Waals surface area contributed by atoms with E-state index in [2.05, 4.69) is 173 Å². The molecule has 0 bridgehead atoms. The molecule has 3 aromatic heterocycles. The van der Waals surface area contributed by atoms with Gasteiger partial charge in [0.1, 0.15) is 0 Å². The van der Waals surface area contributed by atoms with Crippen molar-refractivity contribution in [3.63, 3.8) is 0 Å². The molecule has 13 rings (SSSR count). The minimum atomic E-state index is 0.645. The molecule has 0 amide bonds. The third kappa shape index (κ3) is 5.89. The van der Waals surface area contributed by atoms with Crippen LogP contribution in [-0.2, 0) is 19.3 Å². The molecule has 0 atom stereocenters. The average Bonchev–Trinajstić information content (AvgIpc) is 3.90. The summed E-state index contributed by atoms with van der Waals surface area (Å²) in [5.41, 5.74) is 19.1. The Bertz CT molecular complexity index is 3580. The first-order chi connectivity index (χ1) is 31.7. The van der Waals surface area contributed by atoms with E-state index in [9.17, 15) is 0 Å². The molecule has 64 heavy (non-hydrogen) atoms. The highest BCUT2D eigenvalue weighted by molar-refractivity contribution is 6.19. The van der Waals surface area contributed by atoms with Gasteiger partial charge in [-0.15, -0.1) is 0 Å². The first-order valence-electron chi connectivity index (χ1n) is 22.3. The van der Waals surface area contributed by atoms with Gasteiger partial charge in [-0.25, -0.2) is 15.0 Å². The minimum absolute atomic E-state index is 0.645. The predicted octanol–water partition coefficient (Wildman–Crippen LogP) is 14.3. The van der Waals surface area contributed by atoms with Crippen molar-refractivity contribution in [1.29, 1.82) is 0 Å². The molecule has 302 valence electrons. The largest absolute Gasteiger partial charge is 0.313 e. The van der Waals surface area contributed by atoms with Crippen molar-refractivity contribution in [2.24, 2.45) is 0 Å². The summed E-state index contributed by atoms with van der Waals surface area (Å²) < 4.78 is 5.12. The van der Waals surface area contributed by atoms with Gasteiger partial charge in [-0.3, -0.25) is 0 Å². The SMILES string of the molecule is C1=Cc2c(n(-c3cc(-c4ccccc4)cc(-c4nc(-c5ccccc5)nc(-c5ccccc5)n4)c3)c3c4c5c6c(cccc6n(-c6cccc(-c7ccccc7)c6)c5cc23)CC4)CC1. The molecule has 11 aromatic rings. The standard InChI is InChI=1S/C59H41N5/c1-5-17-38(18-6-1)43-26-15-27-46(34-43)63-52-30-16-25-40-31-32-49-55(54(40)52)53(63)37-50-48-28-13-14-29-51(48)64(56(49)50)47-35-44(39-19-7-2-8-20-39)33-45(36-47)59-61-57(41-21-9-3-10-22-41)60-58(62-59)42-23-11-4-12-24-42/h1-13,15-28,30,33-37H,14,29,31-32H2. The van der Waals surface area contributed by atoms with Crippen molar-refractivity contribution in [1.82, 2.24) is 24.1 Å². The Morgan fingerprint density at radius 2 is 0.969 bits per heavy atom. The second-order valence-electron chi connectivity index (χ2n) is 17.0. The minimum Gasteiger partial charge on any atom is -0.313 e. The van der Waals surface area contributed by atoms with Crippen LogP contribution >= 0.6 is 0 Å². The number of fused-ring (bicyclic) bond motifs is 4. The van der Waals surface area contributed by atoms with Crippen molar-refractivity contribution in [3.05, 3.63) is 217 Å². The third-order valence-corrected chi connectivity index (χ3v) is 13.3. The van der Waals surface area contributed by atoms with Crippen LogP contribution in [0.15, 0.2) is 194 Å². The molecule has 0 N–H and O–H groups in total. The van der Waals surface area contributed by atoms with Crippen molar-refractivity contribution in [3.8, 4) is 67.8 Å². The molecule has 0 radical (unpaired) electrons. The van der Waals surface area contributed by atoms with Crippen LogP contribution in [0, 0.1) is 0 Å². The van der Waals surface area contributed by atoms with Gasteiger partial charge in [-0.1, -0.05) is 158 Å². The Morgan fingerprint density at radius 1 is 0.391 bits per heavy atom. The average molecular weight is 820 g/mol. The summed E-state index contributed by atoms with van der Waals surface area (Å²) in [5.74, 6) is 1.95. The van der Waals surface area contributed by atoms with Crippen LogP contribution in [0.4, 0.5) is 0 Å². The van der Waals surface area contributed by atoms with Crippen LogP contribution in [0.25, 0.3) is 107 Å². The second-order valence-corrected chi connectivity index (χ2v) is 17.0. The first kappa shape index (κ1) is 36.5. The lowest BCUT2D eigenvalue weighted by molar-refractivity contribution is 0.882. The lowest BCUT2D eigenvalue weighted by Gasteiger charge is -2.19. The normalized spacial score (nSPS) is 13.0. The molecule has 3 heterocycles. The summed E-state index contributed by atoms with van der Waals surface area (Å²) in [6.45, 7) is 0. The third-order valence-electron chi connectivity index (χ3n) is 13.3. The lowest BCUT2D eigenvalue weighted by Crippen LogP contribution is -2.07. The van der Waals surface area contributed by atoms with Gasteiger partial charge in [-0.2, -0.15) is 0 Å². The smallest absolute Gasteiger partial charge is 0.164 e. The molecule has 5 heteroatoms. The Labute approximate surface area is 371 Å². The molecule has 0 saturated carbocycles. The molecule has 0 saturated heterocycles. The summed E-state index contributed by atoms with van der Waals surface area (Å²) in [5, 5.41) is 4.04. The van der Waals surface area contributed by atoms with Gasteiger partial charge in [0.15, 0.2) is 17.5 Å². The molecule has 2 aliphatic rings. The van der Waals surface area contributed by atoms with Crippen LogP contribution in [0.2, 0.25) is 0 Å². The highest BCUT2D eigenvalue weighted by Crippen LogP contribution is 2.47. The zero-order valence-corrected chi connectivity index (χ0v) is 35.1. The van der Waals surface area contributed by atoms with Gasteiger partial charge in [-0.05, 0) is 102 Å². The predicted molar refractivity (Wildman–Crippen MR) is 263 cm³/mol. The van der Waals surface area contributed by atoms with Crippen molar-refractivity contribution in [2.75, 3.05) is 0 Å². The number of benzene rings is 8. The van der Waals surface area contributed by atoms with Crippen molar-refractivity contribution >= 4 is 38.8 Å². The number of nitrogens with zero attached hydrogens (tertiary/aromatic N) is 5. The van der Waals surface area contributed by atoms with Crippen molar-refractivity contribution in [2.45, 2.75) is 25.7 Å². The van der Waals surface area contributed by atoms with Gasteiger partial charge >= 0.3 is 0 Å². The zero-order chi connectivity index (χ0) is 42.1. The Balaban J connectivity index is 1.09. The summed E-state index contributed by atoms with van der Waals surface area (Å²) in [6, 6.07) is 67.3. The fraction of sp³-hybridized carbons (Fsp3) is 0.0678. The molecule has 8 aromatic carbocycles. The quantitative estimate of drug-likeness (QED) is 0.161. The zero-order valence-electron chi connectivity index (χ0n) is 35.1. The number of aryl methyl sites for hydroxylation is 2. The van der Waals surface area contributed by atoms with Crippen LogP contribution in [0.5, 0.6) is 0 Å². The molecule has 0 spiro atoms. The highest BCUT2D eigenvalue weighted by Gasteiger charge is 2.29. The number of hydrogen-bond acceptors (Lipinski definition) is 3. The van der Waals surface area contributed by atoms with Crippen LogP contribution < -0.4 is 0 Å². The number of allylic oxidation sites excluding steroid dienone is 1. The van der Waals surface area contributed by atoms with Gasteiger partial charge in [0.25, 0.3) is 0 Å². The fourth-order valence-electron chi connectivity index (χ4n) is 10.4. The first-order valence-corrected chi connectivity index (χ1v) is 22.3. The Hall–Kier alpha value is -8.15. The van der Waals surface area contributed by atoms with Crippen molar-refractivity contribution < 1.29 is 0 Å². The number of aromatic nitrogens is 5. The van der Waals surface area contributed by atoms with E-state index in [0.29, 0.717) is 17.5 Å². The number of rotatable bonds is 7. The molecule has 2 aliphatic carbocycles. The molecule has 0 aliphatic heterocycles. The highest BCUT2D eigenvalue weighted by atomic mass is 15.0. The van der Waals surface area contributed by atoms with E-state index >= 15 is 0 Å². The van der Waals surface area contributed by atoms with E-state index in [1.165, 1.54) is 71.9 Å². The van der Waals surface area contributed by atoms with Crippen LogP contribution in [-0.4, -0.2) is 24.1 Å². The molecular formula is C59H41N5. The summed E-state index contributed by atoms with van der Waals surface area (Å²) in [4.78, 5) is 15.5. The van der Waals surface area contributed by atoms with Gasteiger partial charge in [0.2, 0.25) is 0 Å². The summed E-state index contributed by atoms with van der Waals surface area (Å²) in [6.07, 6.45) is 8.61. The van der Waals surface area contributed by atoms with E-state index in [0.717, 1.165) is 59.2 Å². The van der Waals surface area contributed by atoms with Crippen LogP contribution in [0.3, 0.4) is 0 Å². The topological polar surface area (TPSA) is 48.5 Å². The fourth-order valence-corrected chi connectivity index (χ4v) is 10.4. The van der Waals surface area contributed by atoms with E-state index < -0.39 is 0 Å².